The van der Waals surface area contributed by atoms with Gasteiger partial charge in [0.2, 0.25) is 0 Å². The Morgan fingerprint density at radius 2 is 2.29 bits per heavy atom. The van der Waals surface area contributed by atoms with Gasteiger partial charge in [-0.2, -0.15) is 0 Å². The number of hydrogen-bond acceptors (Lipinski definition) is 2. The number of benzene rings is 1. The second kappa shape index (κ2) is 4.52. The van der Waals surface area contributed by atoms with Crippen molar-refractivity contribution >= 4 is 21.9 Å². The lowest BCUT2D eigenvalue weighted by molar-refractivity contribution is -0.138. The molecule has 0 aromatic heterocycles. The van der Waals surface area contributed by atoms with Crippen LogP contribution in [0.5, 0.6) is 0 Å². The third-order valence-corrected chi connectivity index (χ3v) is 2.27. The summed E-state index contributed by atoms with van der Waals surface area (Å²) in [6.07, 6.45) is -0.00551. The van der Waals surface area contributed by atoms with E-state index in [2.05, 4.69) is 15.9 Å². The Hall–Kier alpha value is -0.940. The zero-order chi connectivity index (χ0) is 10.7. The van der Waals surface area contributed by atoms with Crippen molar-refractivity contribution in [2.75, 3.05) is 0 Å². The van der Waals surface area contributed by atoms with Crippen LogP contribution in [0, 0.1) is 5.82 Å². The summed E-state index contributed by atoms with van der Waals surface area (Å²) in [5, 5.41) is 8.53. The first kappa shape index (κ1) is 11.1. The van der Waals surface area contributed by atoms with Crippen molar-refractivity contribution < 1.29 is 14.3 Å². The number of carboxylic acid groups (broad SMARTS) is 1. The van der Waals surface area contributed by atoms with Crippen LogP contribution >= 0.6 is 15.9 Å². The van der Waals surface area contributed by atoms with E-state index in [1.807, 2.05) is 0 Å². The molecule has 0 heterocycles. The van der Waals surface area contributed by atoms with Gasteiger partial charge in [0.05, 0.1) is 0 Å². The molecule has 0 spiro atoms. The number of carboxylic acids is 1. The fraction of sp³-hybridized carbons (Fsp3) is 0.222. The normalized spacial score (nSPS) is 12.5. The molecule has 1 aromatic carbocycles. The van der Waals surface area contributed by atoms with Gasteiger partial charge in [0.1, 0.15) is 11.9 Å². The molecule has 3 N–H and O–H groups in total. The maximum atomic E-state index is 13.2. The van der Waals surface area contributed by atoms with Crippen LogP contribution in [0.4, 0.5) is 4.39 Å². The largest absolute Gasteiger partial charge is 0.480 e. The minimum atomic E-state index is -1.13. The minimum absolute atomic E-state index is 0.00551. The third-order valence-electron chi connectivity index (χ3n) is 1.77. The van der Waals surface area contributed by atoms with Crippen LogP contribution in [0.2, 0.25) is 0 Å². The number of hydrogen-bond donors (Lipinski definition) is 2. The Bertz CT molecular complexity index is 357. The van der Waals surface area contributed by atoms with Crippen molar-refractivity contribution in [1.29, 1.82) is 0 Å². The van der Waals surface area contributed by atoms with Crippen LogP contribution in [0.3, 0.4) is 0 Å². The van der Waals surface area contributed by atoms with Gasteiger partial charge in [-0.3, -0.25) is 4.79 Å². The SMILES string of the molecule is N[C@@H](Cc1ccc(Br)cc1[18F])C(=O)O. The molecule has 1 atom stereocenters. The molecule has 0 saturated heterocycles. The molecule has 0 bridgehead atoms. The quantitative estimate of drug-likeness (QED) is 0.867. The fourth-order valence-electron chi connectivity index (χ4n) is 1.01. The van der Waals surface area contributed by atoms with Gasteiger partial charge in [0.25, 0.3) is 0 Å². The van der Waals surface area contributed by atoms with E-state index in [4.69, 9.17) is 10.8 Å². The molecule has 1 rings (SSSR count). The lowest BCUT2D eigenvalue weighted by Crippen LogP contribution is -2.32. The summed E-state index contributed by atoms with van der Waals surface area (Å²) in [6, 6.07) is 3.38. The Morgan fingerprint density at radius 1 is 1.64 bits per heavy atom. The average Bonchev–Trinajstić information content (AvgIpc) is 2.09. The molecule has 76 valence electrons. The first-order valence-corrected chi connectivity index (χ1v) is 4.72. The summed E-state index contributed by atoms with van der Waals surface area (Å²) < 4.78 is 13.8. The summed E-state index contributed by atoms with van der Waals surface area (Å²) in [4.78, 5) is 10.4. The minimum Gasteiger partial charge on any atom is -0.480 e. The molecule has 5 heteroatoms. The van der Waals surface area contributed by atoms with Crippen LogP contribution in [0.25, 0.3) is 0 Å². The molecule has 0 aliphatic heterocycles. The van der Waals surface area contributed by atoms with E-state index >= 15 is 0 Å². The van der Waals surface area contributed by atoms with Crippen LogP contribution in [0.1, 0.15) is 5.56 Å². The van der Waals surface area contributed by atoms with E-state index in [0.29, 0.717) is 10.0 Å². The van der Waals surface area contributed by atoms with Gasteiger partial charge < -0.3 is 10.8 Å². The maximum Gasteiger partial charge on any atom is 0.320 e. The monoisotopic (exact) mass is 260 g/mol. The third kappa shape index (κ3) is 2.78. The highest BCUT2D eigenvalue weighted by molar-refractivity contribution is 9.10. The summed E-state index contributed by atoms with van der Waals surface area (Å²) >= 11 is 3.10. The molecule has 1 aromatic rings. The Kier molecular flexibility index (Phi) is 3.60. The van der Waals surface area contributed by atoms with Crippen LogP contribution in [-0.4, -0.2) is 17.1 Å². The molecule has 0 aliphatic rings. The van der Waals surface area contributed by atoms with Crippen molar-refractivity contribution in [3.8, 4) is 0 Å². The van der Waals surface area contributed by atoms with E-state index < -0.39 is 17.8 Å². The second-order valence-electron chi connectivity index (χ2n) is 2.88. The predicted molar refractivity (Wildman–Crippen MR) is 53.4 cm³/mol. The average molecular weight is 261 g/mol. The number of halogens is 2. The number of aliphatic carboxylic acids is 1. The van der Waals surface area contributed by atoms with Crippen molar-refractivity contribution in [3.05, 3.63) is 34.1 Å². The highest BCUT2D eigenvalue weighted by Crippen LogP contribution is 2.16. The number of carbonyl (C=O) groups is 1. The van der Waals surface area contributed by atoms with Gasteiger partial charge in [-0.25, -0.2) is 4.39 Å². The Balaban J connectivity index is 2.82. The van der Waals surface area contributed by atoms with Gasteiger partial charge >= 0.3 is 5.97 Å². The van der Waals surface area contributed by atoms with Crippen molar-refractivity contribution in [1.82, 2.24) is 0 Å². The zero-order valence-corrected chi connectivity index (χ0v) is 8.79. The first-order valence-electron chi connectivity index (χ1n) is 3.93. The van der Waals surface area contributed by atoms with Crippen molar-refractivity contribution in [3.63, 3.8) is 0 Å². The van der Waals surface area contributed by atoms with E-state index in [0.717, 1.165) is 0 Å². The highest BCUT2D eigenvalue weighted by Gasteiger charge is 2.14. The van der Waals surface area contributed by atoms with Crippen molar-refractivity contribution in [2.45, 2.75) is 12.5 Å². The van der Waals surface area contributed by atoms with Crippen LogP contribution in [-0.2, 0) is 11.2 Å². The van der Waals surface area contributed by atoms with Gasteiger partial charge in [0, 0.05) is 10.9 Å². The smallest absolute Gasteiger partial charge is 0.320 e. The lowest BCUT2D eigenvalue weighted by atomic mass is 10.1. The number of nitrogens with two attached hydrogens (primary N) is 1. The standard InChI is InChI=1S/C9H9BrFNO2/c10-6-2-1-5(7(11)4-6)3-8(12)9(13)14/h1-2,4,8H,3,12H2,(H,13,14)/t8-/m0/s1/i11-1. The van der Waals surface area contributed by atoms with E-state index in [9.17, 15) is 9.18 Å². The molecule has 0 aliphatic carbocycles. The molecule has 0 radical (unpaired) electrons. The Labute approximate surface area is 88.9 Å². The van der Waals surface area contributed by atoms with E-state index in [-0.39, 0.29) is 6.42 Å². The van der Waals surface area contributed by atoms with E-state index in [1.165, 1.54) is 12.1 Å². The van der Waals surface area contributed by atoms with Gasteiger partial charge in [-0.15, -0.1) is 0 Å². The molecular formula is C9H9BrFNO2. The van der Waals surface area contributed by atoms with Gasteiger partial charge in [0.15, 0.2) is 0 Å². The maximum absolute atomic E-state index is 13.2. The second-order valence-corrected chi connectivity index (χ2v) is 3.80. The van der Waals surface area contributed by atoms with E-state index in [1.54, 1.807) is 6.07 Å². The topological polar surface area (TPSA) is 63.3 Å². The fourth-order valence-corrected chi connectivity index (χ4v) is 1.34. The summed E-state index contributed by atoms with van der Waals surface area (Å²) in [5.41, 5.74) is 5.59. The van der Waals surface area contributed by atoms with Crippen LogP contribution in [0.15, 0.2) is 22.7 Å². The van der Waals surface area contributed by atoms with Gasteiger partial charge in [-0.1, -0.05) is 22.0 Å². The zero-order valence-electron chi connectivity index (χ0n) is 7.21. The predicted octanol–water partition coefficient (Wildman–Crippen LogP) is 1.54. The van der Waals surface area contributed by atoms with Crippen LogP contribution < -0.4 is 5.73 Å². The summed E-state index contributed by atoms with van der Waals surface area (Å²) in [7, 11) is 0. The molecule has 14 heavy (non-hydrogen) atoms. The number of rotatable bonds is 3. The summed E-state index contributed by atoms with van der Waals surface area (Å²) in [6.45, 7) is 0. The van der Waals surface area contributed by atoms with Crippen molar-refractivity contribution in [2.24, 2.45) is 5.73 Å². The molecular weight excluding hydrogens is 252 g/mol. The molecule has 3 nitrogen and oxygen atoms in total. The molecule has 0 saturated carbocycles. The highest BCUT2D eigenvalue weighted by atomic mass is 79.9. The first-order chi connectivity index (χ1) is 6.50. The molecule has 0 amide bonds. The Morgan fingerprint density at radius 3 is 2.79 bits per heavy atom. The molecule has 0 fully saturated rings. The summed E-state index contributed by atoms with van der Waals surface area (Å²) in [5.74, 6) is -1.58. The van der Waals surface area contributed by atoms with Gasteiger partial charge in [-0.05, 0) is 17.7 Å². The molecule has 0 unspecified atom stereocenters. The lowest BCUT2D eigenvalue weighted by Gasteiger charge is -2.07.